The van der Waals surface area contributed by atoms with E-state index in [9.17, 15) is 9.59 Å². The van der Waals surface area contributed by atoms with Crippen LogP contribution in [0.2, 0.25) is 0 Å². The number of hydrogen-bond donors (Lipinski definition) is 1. The summed E-state index contributed by atoms with van der Waals surface area (Å²) in [5.74, 6) is -0.432. The third-order valence-corrected chi connectivity index (χ3v) is 3.23. The molecule has 0 saturated heterocycles. The lowest BCUT2D eigenvalue weighted by Gasteiger charge is -2.19. The molecule has 0 saturated carbocycles. The first kappa shape index (κ1) is 19.3. The van der Waals surface area contributed by atoms with Gasteiger partial charge in [-0.3, -0.25) is 4.79 Å². The number of rotatable bonds is 6. The highest BCUT2D eigenvalue weighted by Crippen LogP contribution is 2.30. The van der Waals surface area contributed by atoms with Crippen molar-refractivity contribution in [1.82, 2.24) is 0 Å². The van der Waals surface area contributed by atoms with Gasteiger partial charge in [0, 0.05) is 4.47 Å². The van der Waals surface area contributed by atoms with E-state index < -0.39 is 11.6 Å². The molecule has 0 aromatic heterocycles. The monoisotopic (exact) mass is 387 g/mol. The van der Waals surface area contributed by atoms with Crippen molar-refractivity contribution in [1.29, 1.82) is 0 Å². The highest BCUT2D eigenvalue weighted by Gasteiger charge is 2.17. The first-order valence-electron chi connectivity index (χ1n) is 7.25. The van der Waals surface area contributed by atoms with Crippen LogP contribution in [0.5, 0.6) is 5.75 Å². The van der Waals surface area contributed by atoms with Gasteiger partial charge in [0.1, 0.15) is 11.4 Å². The summed E-state index contributed by atoms with van der Waals surface area (Å²) in [5.41, 5.74) is 5.96. The van der Waals surface area contributed by atoms with Gasteiger partial charge in [0.15, 0.2) is 0 Å². The average Bonchev–Trinajstić information content (AvgIpc) is 2.40. The van der Waals surface area contributed by atoms with Gasteiger partial charge in [-0.15, -0.1) is 0 Å². The van der Waals surface area contributed by atoms with Gasteiger partial charge in [0.2, 0.25) is 0 Å². The van der Waals surface area contributed by atoms with E-state index in [1.54, 1.807) is 33.8 Å². The smallest absolute Gasteiger partial charge is 0.339 e. The fourth-order valence-electron chi connectivity index (χ4n) is 1.70. The number of carbonyl (C=O) groups is 2. The molecule has 0 radical (unpaired) electrons. The molecule has 0 spiro atoms. The highest BCUT2D eigenvalue weighted by atomic mass is 79.9. The Labute approximate surface area is 144 Å². The lowest BCUT2D eigenvalue weighted by atomic mass is 10.2. The molecule has 128 valence electrons. The number of carbonyl (C=O) groups excluding carboxylic acids is 2. The van der Waals surface area contributed by atoms with E-state index in [0.29, 0.717) is 21.5 Å². The van der Waals surface area contributed by atoms with E-state index in [1.807, 2.05) is 0 Å². The van der Waals surface area contributed by atoms with Crippen molar-refractivity contribution in [2.24, 2.45) is 0 Å². The second-order valence-corrected chi connectivity index (χ2v) is 6.63. The fraction of sp³-hybridized carbons (Fsp3) is 0.500. The van der Waals surface area contributed by atoms with Crippen LogP contribution in [0.25, 0.3) is 0 Å². The molecule has 0 atom stereocenters. The Hall–Kier alpha value is -1.76. The molecule has 0 amide bonds. The van der Waals surface area contributed by atoms with Gasteiger partial charge < -0.3 is 19.9 Å². The molecule has 7 heteroatoms. The SMILES string of the molecule is CCOC(=O)c1cc(N)c(OCCC(=O)OC(C)(C)C)cc1Br. The van der Waals surface area contributed by atoms with Gasteiger partial charge in [-0.2, -0.15) is 0 Å². The van der Waals surface area contributed by atoms with Crippen LogP contribution in [-0.2, 0) is 14.3 Å². The summed E-state index contributed by atoms with van der Waals surface area (Å²) in [6.07, 6.45) is 0.105. The van der Waals surface area contributed by atoms with Gasteiger partial charge in [0.25, 0.3) is 0 Å². The van der Waals surface area contributed by atoms with Crippen LogP contribution in [-0.4, -0.2) is 30.8 Å². The van der Waals surface area contributed by atoms with E-state index in [1.165, 1.54) is 6.07 Å². The molecule has 0 aliphatic carbocycles. The van der Waals surface area contributed by atoms with Gasteiger partial charge >= 0.3 is 11.9 Å². The van der Waals surface area contributed by atoms with Crippen molar-refractivity contribution in [2.45, 2.75) is 39.7 Å². The molecule has 1 rings (SSSR count). The molecule has 0 unspecified atom stereocenters. The summed E-state index contributed by atoms with van der Waals surface area (Å²) < 4.78 is 16.1. The fourth-order valence-corrected chi connectivity index (χ4v) is 2.18. The highest BCUT2D eigenvalue weighted by molar-refractivity contribution is 9.10. The Balaban J connectivity index is 2.67. The largest absolute Gasteiger partial charge is 0.491 e. The van der Waals surface area contributed by atoms with Gasteiger partial charge in [0.05, 0.1) is 30.9 Å². The van der Waals surface area contributed by atoms with Crippen LogP contribution in [0.4, 0.5) is 5.69 Å². The van der Waals surface area contributed by atoms with Crippen molar-refractivity contribution in [2.75, 3.05) is 18.9 Å². The third kappa shape index (κ3) is 6.48. The molecule has 0 heterocycles. The summed E-state index contributed by atoms with van der Waals surface area (Å²) in [5, 5.41) is 0. The molecule has 0 bridgehead atoms. The maximum atomic E-state index is 11.8. The Kier molecular flexibility index (Phi) is 6.87. The van der Waals surface area contributed by atoms with E-state index in [2.05, 4.69) is 15.9 Å². The molecule has 6 nitrogen and oxygen atoms in total. The first-order valence-corrected chi connectivity index (χ1v) is 8.04. The Morgan fingerprint density at radius 3 is 2.48 bits per heavy atom. The molecule has 1 aromatic rings. The van der Waals surface area contributed by atoms with Crippen LogP contribution in [0.3, 0.4) is 0 Å². The van der Waals surface area contributed by atoms with Crippen molar-refractivity contribution < 1.29 is 23.8 Å². The Morgan fingerprint density at radius 1 is 1.26 bits per heavy atom. The molecule has 23 heavy (non-hydrogen) atoms. The topological polar surface area (TPSA) is 87.9 Å². The molecule has 0 aliphatic heterocycles. The molecule has 2 N–H and O–H groups in total. The molecule has 0 aliphatic rings. The molecular formula is C16H22BrNO5. The normalized spacial score (nSPS) is 11.0. The van der Waals surface area contributed by atoms with Gasteiger partial charge in [-0.1, -0.05) is 0 Å². The zero-order valence-corrected chi connectivity index (χ0v) is 15.4. The van der Waals surface area contributed by atoms with Crippen LogP contribution in [0, 0.1) is 0 Å². The van der Waals surface area contributed by atoms with Gasteiger partial charge in [-0.25, -0.2) is 4.79 Å². The molecule has 1 aromatic carbocycles. The second kappa shape index (κ2) is 8.19. The van der Waals surface area contributed by atoms with E-state index >= 15 is 0 Å². The van der Waals surface area contributed by atoms with Crippen molar-refractivity contribution >= 4 is 33.6 Å². The summed E-state index contributed by atoms with van der Waals surface area (Å²) in [7, 11) is 0. The third-order valence-electron chi connectivity index (χ3n) is 2.58. The van der Waals surface area contributed by atoms with Crippen LogP contribution >= 0.6 is 15.9 Å². The number of esters is 2. The summed E-state index contributed by atoms with van der Waals surface area (Å²) in [6.45, 7) is 7.53. The zero-order valence-electron chi connectivity index (χ0n) is 13.8. The average molecular weight is 388 g/mol. The number of hydrogen-bond acceptors (Lipinski definition) is 6. The zero-order chi connectivity index (χ0) is 17.6. The van der Waals surface area contributed by atoms with Crippen molar-refractivity contribution in [3.8, 4) is 5.75 Å². The maximum Gasteiger partial charge on any atom is 0.339 e. The standard InChI is InChI=1S/C16H22BrNO5/c1-5-21-15(20)10-8-12(18)13(9-11(10)17)22-7-6-14(19)23-16(2,3)4/h8-9H,5-7,18H2,1-4H3. The Morgan fingerprint density at radius 2 is 1.91 bits per heavy atom. The predicted molar refractivity (Wildman–Crippen MR) is 90.5 cm³/mol. The van der Waals surface area contributed by atoms with Crippen LogP contribution in [0.1, 0.15) is 44.5 Å². The van der Waals surface area contributed by atoms with Gasteiger partial charge in [-0.05, 0) is 55.8 Å². The van der Waals surface area contributed by atoms with Crippen LogP contribution in [0.15, 0.2) is 16.6 Å². The van der Waals surface area contributed by atoms with E-state index in [0.717, 1.165) is 0 Å². The minimum atomic E-state index is -0.527. The predicted octanol–water partition coefficient (Wildman–Crippen LogP) is 3.32. The minimum Gasteiger partial charge on any atom is -0.491 e. The lowest BCUT2D eigenvalue weighted by Crippen LogP contribution is -2.24. The van der Waals surface area contributed by atoms with Crippen molar-refractivity contribution in [3.05, 3.63) is 22.2 Å². The number of nitrogens with two attached hydrogens (primary N) is 1. The first-order chi connectivity index (χ1) is 10.6. The van der Waals surface area contributed by atoms with E-state index in [-0.39, 0.29) is 25.6 Å². The van der Waals surface area contributed by atoms with E-state index in [4.69, 9.17) is 19.9 Å². The summed E-state index contributed by atoms with van der Waals surface area (Å²) >= 11 is 3.28. The lowest BCUT2D eigenvalue weighted by molar-refractivity contribution is -0.155. The quantitative estimate of drug-likeness (QED) is 0.594. The number of ether oxygens (including phenoxy) is 3. The summed E-state index contributed by atoms with van der Waals surface area (Å²) in [6, 6.07) is 3.06. The Bertz CT molecular complexity index is 581. The molecule has 0 fully saturated rings. The number of halogens is 1. The minimum absolute atomic E-state index is 0.105. The summed E-state index contributed by atoms with van der Waals surface area (Å²) in [4.78, 5) is 23.4. The number of benzene rings is 1. The van der Waals surface area contributed by atoms with Crippen LogP contribution < -0.4 is 10.5 Å². The second-order valence-electron chi connectivity index (χ2n) is 5.78. The number of nitrogen functional groups attached to an aromatic ring is 1. The number of anilines is 1. The maximum absolute atomic E-state index is 11.8. The van der Waals surface area contributed by atoms with Crippen molar-refractivity contribution in [3.63, 3.8) is 0 Å². The molecular weight excluding hydrogens is 366 g/mol.